The molecule has 0 aliphatic carbocycles. The standard InChI is InChI=1S/C8H13N5O/c9-6-1-2-7(12-11-6)13-4-3-10-8(14)5-13/h1-2,8,10,14H,3-5H2,(H2,9,11). The van der Waals surface area contributed by atoms with Gasteiger partial charge in [-0.25, -0.2) is 0 Å². The van der Waals surface area contributed by atoms with E-state index in [4.69, 9.17) is 5.73 Å². The molecule has 1 aliphatic rings. The molecule has 1 fully saturated rings. The number of piperazine rings is 1. The number of β-amino-alcohol motifs (C(OH)–C–C–N with tert-alkyl or cyclic N) is 1. The highest BCUT2D eigenvalue weighted by Gasteiger charge is 2.17. The molecule has 0 spiro atoms. The Bertz CT molecular complexity index is 301. The van der Waals surface area contributed by atoms with Crippen LogP contribution in [-0.2, 0) is 0 Å². The average Bonchev–Trinajstić information content (AvgIpc) is 2.19. The molecule has 14 heavy (non-hydrogen) atoms. The SMILES string of the molecule is Nc1ccc(N2CCNC(O)C2)nn1. The zero-order valence-electron chi connectivity index (χ0n) is 7.72. The smallest absolute Gasteiger partial charge is 0.151 e. The number of aliphatic hydroxyl groups is 1. The van der Waals surface area contributed by atoms with Gasteiger partial charge in [0.25, 0.3) is 0 Å². The van der Waals surface area contributed by atoms with Crippen LogP contribution < -0.4 is 16.0 Å². The first-order chi connectivity index (χ1) is 6.75. The summed E-state index contributed by atoms with van der Waals surface area (Å²) < 4.78 is 0. The van der Waals surface area contributed by atoms with E-state index in [2.05, 4.69) is 15.5 Å². The number of nitrogen functional groups attached to an aromatic ring is 1. The molecule has 0 saturated carbocycles. The molecule has 0 aromatic carbocycles. The van der Waals surface area contributed by atoms with Crippen molar-refractivity contribution >= 4 is 11.6 Å². The van der Waals surface area contributed by atoms with Crippen molar-refractivity contribution in [2.24, 2.45) is 0 Å². The topological polar surface area (TPSA) is 87.3 Å². The third-order valence-corrected chi connectivity index (χ3v) is 2.15. The van der Waals surface area contributed by atoms with Gasteiger partial charge in [-0.2, -0.15) is 0 Å². The van der Waals surface area contributed by atoms with Gasteiger partial charge in [0.1, 0.15) is 12.0 Å². The van der Waals surface area contributed by atoms with Crippen LogP contribution in [0, 0.1) is 0 Å². The minimum Gasteiger partial charge on any atom is -0.382 e. The molecule has 6 heteroatoms. The van der Waals surface area contributed by atoms with Gasteiger partial charge in [0.15, 0.2) is 5.82 Å². The lowest BCUT2D eigenvalue weighted by atomic mass is 10.3. The van der Waals surface area contributed by atoms with Gasteiger partial charge in [0, 0.05) is 13.1 Å². The number of hydrogen-bond donors (Lipinski definition) is 3. The van der Waals surface area contributed by atoms with E-state index in [1.807, 2.05) is 4.90 Å². The molecule has 76 valence electrons. The number of rotatable bonds is 1. The molecule has 4 N–H and O–H groups in total. The molecule has 0 amide bonds. The molecule has 0 bridgehead atoms. The summed E-state index contributed by atoms with van der Waals surface area (Å²) in [4.78, 5) is 1.97. The predicted octanol–water partition coefficient (Wildman–Crippen LogP) is -1.21. The number of nitrogens with two attached hydrogens (primary N) is 1. The maximum atomic E-state index is 9.37. The first-order valence-electron chi connectivity index (χ1n) is 4.51. The highest BCUT2D eigenvalue weighted by Crippen LogP contribution is 2.11. The van der Waals surface area contributed by atoms with Crippen LogP contribution in [0.3, 0.4) is 0 Å². The van der Waals surface area contributed by atoms with E-state index in [1.54, 1.807) is 12.1 Å². The van der Waals surface area contributed by atoms with Crippen LogP contribution in [0.1, 0.15) is 0 Å². The van der Waals surface area contributed by atoms with Gasteiger partial charge in [-0.1, -0.05) is 0 Å². The predicted molar refractivity (Wildman–Crippen MR) is 52.7 cm³/mol. The van der Waals surface area contributed by atoms with E-state index in [-0.39, 0.29) is 0 Å². The maximum Gasteiger partial charge on any atom is 0.151 e. The summed E-state index contributed by atoms with van der Waals surface area (Å²) in [5, 5.41) is 20.0. The molecule has 0 radical (unpaired) electrons. The zero-order valence-corrected chi connectivity index (χ0v) is 7.72. The number of anilines is 2. The van der Waals surface area contributed by atoms with Crippen LogP contribution in [-0.4, -0.2) is 41.2 Å². The Balaban J connectivity index is 2.10. The second kappa shape index (κ2) is 3.77. The Hall–Kier alpha value is -1.40. The number of aliphatic hydroxyl groups excluding tert-OH is 1. The Morgan fingerprint density at radius 3 is 3.00 bits per heavy atom. The Morgan fingerprint density at radius 1 is 1.50 bits per heavy atom. The molecule has 1 saturated heterocycles. The van der Waals surface area contributed by atoms with Gasteiger partial charge in [0.2, 0.25) is 0 Å². The van der Waals surface area contributed by atoms with E-state index in [9.17, 15) is 5.11 Å². The lowest BCUT2D eigenvalue weighted by Gasteiger charge is -2.31. The van der Waals surface area contributed by atoms with E-state index in [0.29, 0.717) is 12.4 Å². The van der Waals surface area contributed by atoms with Crippen LogP contribution in [0.15, 0.2) is 12.1 Å². The second-order valence-electron chi connectivity index (χ2n) is 3.23. The molecule has 1 aromatic rings. The second-order valence-corrected chi connectivity index (χ2v) is 3.23. The minimum absolute atomic E-state index is 0.407. The van der Waals surface area contributed by atoms with E-state index < -0.39 is 6.23 Å². The number of hydrogen-bond acceptors (Lipinski definition) is 6. The zero-order chi connectivity index (χ0) is 9.97. The van der Waals surface area contributed by atoms with Crippen molar-refractivity contribution in [1.82, 2.24) is 15.5 Å². The third-order valence-electron chi connectivity index (χ3n) is 2.15. The minimum atomic E-state index is -0.497. The van der Waals surface area contributed by atoms with Gasteiger partial charge in [-0.05, 0) is 12.1 Å². The fourth-order valence-corrected chi connectivity index (χ4v) is 1.44. The molecule has 1 aliphatic heterocycles. The van der Waals surface area contributed by atoms with Gasteiger partial charge in [-0.15, -0.1) is 10.2 Å². The van der Waals surface area contributed by atoms with E-state index in [1.165, 1.54) is 0 Å². The van der Waals surface area contributed by atoms with Crippen molar-refractivity contribution in [2.75, 3.05) is 30.3 Å². The van der Waals surface area contributed by atoms with Gasteiger partial charge in [-0.3, -0.25) is 5.32 Å². The molecule has 1 atom stereocenters. The summed E-state index contributed by atoms with van der Waals surface area (Å²) in [6.45, 7) is 2.08. The van der Waals surface area contributed by atoms with E-state index in [0.717, 1.165) is 18.9 Å². The monoisotopic (exact) mass is 195 g/mol. The average molecular weight is 195 g/mol. The number of nitrogens with zero attached hydrogens (tertiary/aromatic N) is 3. The van der Waals surface area contributed by atoms with Crippen molar-refractivity contribution in [3.05, 3.63) is 12.1 Å². The lowest BCUT2D eigenvalue weighted by Crippen LogP contribution is -2.50. The summed E-state index contributed by atoms with van der Waals surface area (Å²) in [5.41, 5.74) is 5.43. The Labute approximate surface area is 81.7 Å². The van der Waals surface area contributed by atoms with Gasteiger partial charge < -0.3 is 15.7 Å². The Kier molecular flexibility index (Phi) is 2.47. The summed E-state index contributed by atoms with van der Waals surface area (Å²) in [6, 6.07) is 3.51. The number of nitrogens with one attached hydrogen (secondary N) is 1. The van der Waals surface area contributed by atoms with Gasteiger partial charge in [0.05, 0.1) is 6.54 Å². The van der Waals surface area contributed by atoms with Crippen LogP contribution in [0.25, 0.3) is 0 Å². The summed E-state index contributed by atoms with van der Waals surface area (Å²) >= 11 is 0. The van der Waals surface area contributed by atoms with Crippen molar-refractivity contribution in [1.29, 1.82) is 0 Å². The molecular formula is C8H13N5O. The van der Waals surface area contributed by atoms with Crippen molar-refractivity contribution in [2.45, 2.75) is 6.23 Å². The summed E-state index contributed by atoms with van der Waals surface area (Å²) in [7, 11) is 0. The fourth-order valence-electron chi connectivity index (χ4n) is 1.44. The molecule has 6 nitrogen and oxygen atoms in total. The largest absolute Gasteiger partial charge is 0.382 e. The molecule has 2 rings (SSSR count). The van der Waals surface area contributed by atoms with Gasteiger partial charge >= 0.3 is 0 Å². The van der Waals surface area contributed by atoms with Crippen molar-refractivity contribution in [3.63, 3.8) is 0 Å². The van der Waals surface area contributed by atoms with Crippen molar-refractivity contribution < 1.29 is 5.11 Å². The lowest BCUT2D eigenvalue weighted by molar-refractivity contribution is 0.130. The Morgan fingerprint density at radius 2 is 2.36 bits per heavy atom. The van der Waals surface area contributed by atoms with Crippen LogP contribution in [0.4, 0.5) is 11.6 Å². The first-order valence-corrected chi connectivity index (χ1v) is 4.51. The molecule has 2 heterocycles. The van der Waals surface area contributed by atoms with Crippen LogP contribution >= 0.6 is 0 Å². The molecule has 1 unspecified atom stereocenters. The number of aromatic nitrogens is 2. The normalized spacial score (nSPS) is 22.4. The molecular weight excluding hydrogens is 182 g/mol. The highest BCUT2D eigenvalue weighted by molar-refractivity contribution is 5.41. The summed E-state index contributed by atoms with van der Waals surface area (Å²) in [5.74, 6) is 1.16. The summed E-state index contributed by atoms with van der Waals surface area (Å²) in [6.07, 6.45) is -0.497. The third kappa shape index (κ3) is 1.91. The maximum absolute atomic E-state index is 9.37. The van der Waals surface area contributed by atoms with Crippen molar-refractivity contribution in [3.8, 4) is 0 Å². The molecule has 1 aromatic heterocycles. The highest BCUT2D eigenvalue weighted by atomic mass is 16.3. The van der Waals surface area contributed by atoms with Crippen LogP contribution in [0.2, 0.25) is 0 Å². The van der Waals surface area contributed by atoms with Crippen LogP contribution in [0.5, 0.6) is 0 Å². The fraction of sp³-hybridized carbons (Fsp3) is 0.500. The van der Waals surface area contributed by atoms with E-state index >= 15 is 0 Å². The first kappa shape index (κ1) is 9.17. The quantitative estimate of drug-likeness (QED) is 0.521.